The van der Waals surface area contributed by atoms with Gasteiger partial charge in [0.05, 0.1) is 19.3 Å². The van der Waals surface area contributed by atoms with Crippen LogP contribution in [-0.4, -0.2) is 24.9 Å². The second-order valence-corrected chi connectivity index (χ2v) is 4.31. The van der Waals surface area contributed by atoms with Crippen molar-refractivity contribution in [2.24, 2.45) is 0 Å². The van der Waals surface area contributed by atoms with Crippen LogP contribution >= 0.6 is 0 Å². The number of hydrogen-bond acceptors (Lipinski definition) is 2. The van der Waals surface area contributed by atoms with Gasteiger partial charge in [-0.2, -0.15) is 0 Å². The molecular weight excluding hydrogens is 152 g/mol. The lowest BCUT2D eigenvalue weighted by Crippen LogP contribution is -2.23. The number of rotatable bonds is 3. The van der Waals surface area contributed by atoms with E-state index in [4.69, 9.17) is 9.47 Å². The Balaban J connectivity index is 1.65. The molecule has 0 aromatic carbocycles. The van der Waals surface area contributed by atoms with E-state index in [0.29, 0.717) is 6.10 Å². The first-order valence-corrected chi connectivity index (χ1v) is 5.04. The zero-order chi connectivity index (χ0) is 8.44. The van der Waals surface area contributed by atoms with Crippen LogP contribution in [0.5, 0.6) is 0 Å². The lowest BCUT2D eigenvalue weighted by Gasteiger charge is -2.22. The maximum absolute atomic E-state index is 5.78. The van der Waals surface area contributed by atoms with Gasteiger partial charge in [-0.1, -0.05) is 19.3 Å². The molecule has 1 atom stereocenters. The van der Waals surface area contributed by atoms with Gasteiger partial charge in [-0.3, -0.25) is 0 Å². The van der Waals surface area contributed by atoms with Gasteiger partial charge in [0.25, 0.3) is 0 Å². The molecule has 2 nitrogen and oxygen atoms in total. The van der Waals surface area contributed by atoms with Crippen LogP contribution in [0.4, 0.5) is 0 Å². The van der Waals surface area contributed by atoms with Crippen molar-refractivity contribution in [3.63, 3.8) is 0 Å². The van der Waals surface area contributed by atoms with Crippen molar-refractivity contribution in [1.82, 2.24) is 0 Å². The van der Waals surface area contributed by atoms with Gasteiger partial charge in [0, 0.05) is 0 Å². The summed E-state index contributed by atoms with van der Waals surface area (Å²) in [6.07, 6.45) is 7.14. The molecular formula is C10H18O2. The van der Waals surface area contributed by atoms with Gasteiger partial charge < -0.3 is 9.47 Å². The van der Waals surface area contributed by atoms with Gasteiger partial charge in [-0.05, 0) is 19.8 Å². The van der Waals surface area contributed by atoms with Crippen molar-refractivity contribution in [2.45, 2.75) is 50.7 Å². The third kappa shape index (κ3) is 2.20. The molecule has 2 aliphatic rings. The van der Waals surface area contributed by atoms with Crippen LogP contribution in [-0.2, 0) is 9.47 Å². The SMILES string of the molecule is CC1(COC2CCCCC2)CO1. The Morgan fingerprint density at radius 2 is 2.00 bits per heavy atom. The largest absolute Gasteiger partial charge is 0.375 e. The van der Waals surface area contributed by atoms with E-state index in [2.05, 4.69) is 6.92 Å². The minimum absolute atomic E-state index is 0.0808. The molecule has 1 unspecified atom stereocenters. The fourth-order valence-corrected chi connectivity index (χ4v) is 1.73. The number of hydrogen-bond donors (Lipinski definition) is 0. The molecule has 1 aliphatic carbocycles. The van der Waals surface area contributed by atoms with Crippen molar-refractivity contribution in [1.29, 1.82) is 0 Å². The average molecular weight is 170 g/mol. The molecule has 2 heteroatoms. The molecule has 0 aromatic heterocycles. The summed E-state index contributed by atoms with van der Waals surface area (Å²) in [4.78, 5) is 0. The fourth-order valence-electron chi connectivity index (χ4n) is 1.73. The fraction of sp³-hybridized carbons (Fsp3) is 1.00. The second-order valence-electron chi connectivity index (χ2n) is 4.31. The maximum Gasteiger partial charge on any atom is 0.112 e. The van der Waals surface area contributed by atoms with Crippen LogP contribution in [0.3, 0.4) is 0 Å². The molecule has 0 N–H and O–H groups in total. The van der Waals surface area contributed by atoms with Crippen LogP contribution in [0, 0.1) is 0 Å². The summed E-state index contributed by atoms with van der Waals surface area (Å²) in [6.45, 7) is 3.81. The Hall–Kier alpha value is -0.0800. The van der Waals surface area contributed by atoms with Gasteiger partial charge in [-0.25, -0.2) is 0 Å². The molecule has 70 valence electrons. The third-order valence-electron chi connectivity index (χ3n) is 2.81. The first kappa shape index (κ1) is 8.52. The molecule has 0 aromatic rings. The van der Waals surface area contributed by atoms with Crippen molar-refractivity contribution < 1.29 is 9.47 Å². The van der Waals surface area contributed by atoms with Crippen molar-refractivity contribution in [3.8, 4) is 0 Å². The molecule has 1 aliphatic heterocycles. The van der Waals surface area contributed by atoms with E-state index >= 15 is 0 Å². The van der Waals surface area contributed by atoms with Crippen molar-refractivity contribution in [2.75, 3.05) is 13.2 Å². The van der Waals surface area contributed by atoms with Crippen LogP contribution in [0.2, 0.25) is 0 Å². The maximum atomic E-state index is 5.78. The van der Waals surface area contributed by atoms with Crippen molar-refractivity contribution >= 4 is 0 Å². The molecule has 1 saturated heterocycles. The van der Waals surface area contributed by atoms with E-state index in [1.807, 2.05) is 0 Å². The quantitative estimate of drug-likeness (QED) is 0.605. The molecule has 0 bridgehead atoms. The normalized spacial score (nSPS) is 36.8. The lowest BCUT2D eigenvalue weighted by molar-refractivity contribution is 0.00210. The highest BCUT2D eigenvalue weighted by atomic mass is 16.6. The van der Waals surface area contributed by atoms with Crippen LogP contribution in [0.1, 0.15) is 39.0 Å². The summed E-state index contributed by atoms with van der Waals surface area (Å²) in [5.41, 5.74) is 0.0808. The molecule has 12 heavy (non-hydrogen) atoms. The van der Waals surface area contributed by atoms with E-state index in [1.54, 1.807) is 0 Å². The first-order valence-electron chi connectivity index (χ1n) is 5.04. The average Bonchev–Trinajstić information content (AvgIpc) is 2.84. The highest BCUT2D eigenvalue weighted by Crippen LogP contribution is 2.28. The Labute approximate surface area is 74.2 Å². The highest BCUT2D eigenvalue weighted by molar-refractivity contribution is 4.87. The Morgan fingerprint density at radius 1 is 1.33 bits per heavy atom. The monoisotopic (exact) mass is 170 g/mol. The highest BCUT2D eigenvalue weighted by Gasteiger charge is 2.40. The Kier molecular flexibility index (Phi) is 2.37. The summed E-state index contributed by atoms with van der Waals surface area (Å²) >= 11 is 0. The minimum Gasteiger partial charge on any atom is -0.375 e. The van der Waals surface area contributed by atoms with Gasteiger partial charge in [0.1, 0.15) is 5.60 Å². The first-order chi connectivity index (χ1) is 5.79. The zero-order valence-corrected chi connectivity index (χ0v) is 7.84. The van der Waals surface area contributed by atoms with Gasteiger partial charge in [0.2, 0.25) is 0 Å². The minimum atomic E-state index is 0.0808. The van der Waals surface area contributed by atoms with Crippen molar-refractivity contribution in [3.05, 3.63) is 0 Å². The summed E-state index contributed by atoms with van der Waals surface area (Å²) < 4.78 is 11.0. The third-order valence-corrected chi connectivity index (χ3v) is 2.81. The lowest BCUT2D eigenvalue weighted by atomic mass is 9.98. The van der Waals surface area contributed by atoms with Crippen LogP contribution < -0.4 is 0 Å². The molecule has 1 heterocycles. The van der Waals surface area contributed by atoms with E-state index in [1.165, 1.54) is 32.1 Å². The van der Waals surface area contributed by atoms with Crippen LogP contribution in [0.15, 0.2) is 0 Å². The molecule has 2 rings (SSSR count). The van der Waals surface area contributed by atoms with E-state index in [0.717, 1.165) is 13.2 Å². The molecule has 2 fully saturated rings. The number of epoxide rings is 1. The smallest absolute Gasteiger partial charge is 0.112 e. The van der Waals surface area contributed by atoms with Gasteiger partial charge in [0.15, 0.2) is 0 Å². The van der Waals surface area contributed by atoms with Gasteiger partial charge >= 0.3 is 0 Å². The zero-order valence-electron chi connectivity index (χ0n) is 7.84. The van der Waals surface area contributed by atoms with Gasteiger partial charge in [-0.15, -0.1) is 0 Å². The summed E-state index contributed by atoms with van der Waals surface area (Å²) in [5, 5.41) is 0. The molecule has 0 amide bonds. The predicted molar refractivity (Wildman–Crippen MR) is 47.2 cm³/mol. The summed E-state index contributed by atoms with van der Waals surface area (Å²) in [5.74, 6) is 0. The van der Waals surface area contributed by atoms with Crippen LogP contribution in [0.25, 0.3) is 0 Å². The molecule has 1 saturated carbocycles. The topological polar surface area (TPSA) is 21.8 Å². The molecule has 0 spiro atoms. The Bertz CT molecular complexity index is 146. The van der Waals surface area contributed by atoms with E-state index in [-0.39, 0.29) is 5.60 Å². The Morgan fingerprint density at radius 3 is 2.58 bits per heavy atom. The van der Waals surface area contributed by atoms with E-state index in [9.17, 15) is 0 Å². The number of ether oxygens (including phenoxy) is 2. The van der Waals surface area contributed by atoms with E-state index < -0.39 is 0 Å². The standard InChI is InChI=1S/C10H18O2/c1-10(8-12-10)7-11-9-5-3-2-4-6-9/h9H,2-8H2,1H3. The summed E-state index contributed by atoms with van der Waals surface area (Å²) in [6, 6.07) is 0. The predicted octanol–water partition coefficient (Wildman–Crippen LogP) is 2.12. The molecule has 0 radical (unpaired) electrons. The second kappa shape index (κ2) is 3.35. The summed E-state index contributed by atoms with van der Waals surface area (Å²) in [7, 11) is 0.